The first-order chi connectivity index (χ1) is 13.8. The van der Waals surface area contributed by atoms with Crippen LogP contribution in [0.4, 0.5) is 0 Å². The van der Waals surface area contributed by atoms with Gasteiger partial charge >= 0.3 is 0 Å². The summed E-state index contributed by atoms with van der Waals surface area (Å²) in [5.41, 5.74) is 1.73. The second kappa shape index (κ2) is 7.78. The molecule has 5 nitrogen and oxygen atoms in total. The van der Waals surface area contributed by atoms with Crippen LogP contribution in [0.2, 0.25) is 0 Å². The van der Waals surface area contributed by atoms with Crippen molar-refractivity contribution in [1.29, 1.82) is 0 Å². The number of fused-ring (bicyclic) bond motifs is 2. The minimum atomic E-state index is 0.306. The van der Waals surface area contributed by atoms with Crippen LogP contribution in [-0.2, 0) is 4.79 Å². The molecule has 1 amide bonds. The van der Waals surface area contributed by atoms with Gasteiger partial charge in [-0.1, -0.05) is 50.7 Å². The van der Waals surface area contributed by atoms with Crippen molar-refractivity contribution in [2.75, 3.05) is 12.3 Å². The molecule has 1 aliphatic carbocycles. The number of rotatable bonds is 6. The summed E-state index contributed by atoms with van der Waals surface area (Å²) in [4.78, 5) is 15.1. The van der Waals surface area contributed by atoms with Crippen molar-refractivity contribution < 1.29 is 4.79 Å². The average Bonchev–Trinajstić information content (AvgIpc) is 3.14. The van der Waals surface area contributed by atoms with E-state index in [9.17, 15) is 4.79 Å². The Labute approximate surface area is 178 Å². The van der Waals surface area contributed by atoms with Gasteiger partial charge in [0.05, 0.1) is 0 Å². The molecule has 1 aliphatic heterocycles. The van der Waals surface area contributed by atoms with Gasteiger partial charge in [0.2, 0.25) is 5.91 Å². The number of benzene rings is 1. The third-order valence-electron chi connectivity index (χ3n) is 6.31. The average molecular weight is 413 g/mol. The van der Waals surface area contributed by atoms with Crippen LogP contribution in [-0.4, -0.2) is 43.9 Å². The minimum absolute atomic E-state index is 0.306. The van der Waals surface area contributed by atoms with Crippen LogP contribution in [0.15, 0.2) is 35.5 Å². The molecule has 1 aromatic heterocycles. The molecule has 0 radical (unpaired) electrons. The zero-order chi connectivity index (χ0) is 20.6. The maximum absolute atomic E-state index is 12.9. The van der Waals surface area contributed by atoms with Gasteiger partial charge in [0.25, 0.3) is 0 Å². The number of amides is 1. The van der Waals surface area contributed by atoms with Crippen LogP contribution in [0.3, 0.4) is 0 Å². The van der Waals surface area contributed by atoms with Crippen molar-refractivity contribution in [1.82, 2.24) is 19.7 Å². The fraction of sp³-hybridized carbons (Fsp3) is 0.609. The van der Waals surface area contributed by atoms with Crippen LogP contribution in [0, 0.1) is 17.8 Å². The third-order valence-corrected chi connectivity index (χ3v) is 7.33. The second-order valence-electron chi connectivity index (χ2n) is 9.89. The molecule has 1 saturated heterocycles. The molecule has 6 heteroatoms. The lowest BCUT2D eigenvalue weighted by Gasteiger charge is -2.39. The molecule has 156 valence electrons. The third kappa shape index (κ3) is 4.37. The molecular weight excluding hydrogens is 380 g/mol. The first-order valence-corrected chi connectivity index (χ1v) is 11.6. The van der Waals surface area contributed by atoms with E-state index in [4.69, 9.17) is 0 Å². The van der Waals surface area contributed by atoms with Gasteiger partial charge in [-0.15, -0.1) is 10.2 Å². The number of carbonyl (C=O) groups excluding carboxylic acids is 1. The van der Waals surface area contributed by atoms with Gasteiger partial charge in [0.15, 0.2) is 5.16 Å². The second-order valence-corrected chi connectivity index (χ2v) is 11.0. The predicted octanol–water partition coefficient (Wildman–Crippen LogP) is 4.88. The van der Waals surface area contributed by atoms with Crippen molar-refractivity contribution in [3.63, 3.8) is 0 Å². The van der Waals surface area contributed by atoms with Crippen LogP contribution >= 0.6 is 11.8 Å². The first kappa shape index (κ1) is 20.5. The number of likely N-dealkylation sites (tertiary alicyclic amines) is 1. The van der Waals surface area contributed by atoms with Gasteiger partial charge in [-0.25, -0.2) is 0 Å². The molecule has 2 fully saturated rings. The van der Waals surface area contributed by atoms with Crippen LogP contribution < -0.4 is 0 Å². The summed E-state index contributed by atoms with van der Waals surface area (Å²) in [6, 6.07) is 10.6. The zero-order valence-corrected chi connectivity index (χ0v) is 18.8. The highest BCUT2D eigenvalue weighted by atomic mass is 32.2. The monoisotopic (exact) mass is 412 g/mol. The summed E-state index contributed by atoms with van der Waals surface area (Å²) in [5, 5.41) is 9.48. The van der Waals surface area contributed by atoms with Crippen molar-refractivity contribution in [3.05, 3.63) is 36.2 Å². The largest absolute Gasteiger partial charge is 0.339 e. The standard InChI is InChI=1S/C23H32N4OS/c1-17-24-25-21(27(17)18-9-6-5-7-10-18)29-12-8-11-20(28)26-16-23(4)14-19(26)13-22(2,3)15-23/h5-7,9-10,19H,8,11-16H2,1-4H3. The van der Waals surface area contributed by atoms with Crippen LogP contribution in [0.25, 0.3) is 5.69 Å². The van der Waals surface area contributed by atoms with E-state index in [1.165, 1.54) is 12.8 Å². The van der Waals surface area contributed by atoms with E-state index in [-0.39, 0.29) is 0 Å². The molecule has 0 spiro atoms. The minimum Gasteiger partial charge on any atom is -0.339 e. The van der Waals surface area contributed by atoms with Gasteiger partial charge in [0.1, 0.15) is 5.82 Å². The fourth-order valence-corrected chi connectivity index (χ4v) is 6.53. The normalized spacial score (nSPS) is 25.4. The molecule has 4 rings (SSSR count). The maximum atomic E-state index is 12.9. The number of carbonyl (C=O) groups is 1. The molecule has 2 bridgehead atoms. The van der Waals surface area contributed by atoms with Gasteiger partial charge in [-0.3, -0.25) is 9.36 Å². The summed E-state index contributed by atoms with van der Waals surface area (Å²) >= 11 is 1.68. The van der Waals surface area contributed by atoms with E-state index in [1.807, 2.05) is 25.1 Å². The van der Waals surface area contributed by atoms with E-state index in [1.54, 1.807) is 11.8 Å². The zero-order valence-electron chi connectivity index (χ0n) is 18.0. The van der Waals surface area contributed by atoms with E-state index in [0.29, 0.717) is 29.2 Å². The van der Waals surface area contributed by atoms with Crippen LogP contribution in [0.1, 0.15) is 58.7 Å². The van der Waals surface area contributed by atoms with E-state index in [2.05, 4.69) is 52.6 Å². The Morgan fingerprint density at radius 2 is 1.93 bits per heavy atom. The number of para-hydroxylation sites is 1. The first-order valence-electron chi connectivity index (χ1n) is 10.7. The Kier molecular flexibility index (Phi) is 5.49. The number of aryl methyl sites for hydroxylation is 1. The molecule has 2 unspecified atom stereocenters. The number of nitrogens with zero attached hydrogens (tertiary/aromatic N) is 4. The Morgan fingerprint density at radius 3 is 2.69 bits per heavy atom. The van der Waals surface area contributed by atoms with E-state index in [0.717, 1.165) is 41.8 Å². The molecule has 2 atom stereocenters. The highest BCUT2D eigenvalue weighted by molar-refractivity contribution is 7.99. The molecule has 2 aromatic rings. The number of hydrogen-bond acceptors (Lipinski definition) is 4. The van der Waals surface area contributed by atoms with E-state index < -0.39 is 0 Å². The highest BCUT2D eigenvalue weighted by Crippen LogP contribution is 2.52. The van der Waals surface area contributed by atoms with Crippen molar-refractivity contribution in [2.24, 2.45) is 10.8 Å². The lowest BCUT2D eigenvalue weighted by Crippen LogP contribution is -2.37. The van der Waals surface area contributed by atoms with Gasteiger partial charge in [-0.2, -0.15) is 0 Å². The summed E-state index contributed by atoms with van der Waals surface area (Å²) in [6.45, 7) is 9.98. The van der Waals surface area contributed by atoms with Gasteiger partial charge in [0, 0.05) is 30.4 Å². The Balaban J connectivity index is 1.32. The Morgan fingerprint density at radius 1 is 1.17 bits per heavy atom. The number of hydrogen-bond donors (Lipinski definition) is 0. The Hall–Kier alpha value is -1.82. The van der Waals surface area contributed by atoms with Crippen molar-refractivity contribution >= 4 is 17.7 Å². The predicted molar refractivity (Wildman–Crippen MR) is 117 cm³/mol. The maximum Gasteiger partial charge on any atom is 0.222 e. The number of thioether (sulfide) groups is 1. The molecule has 1 saturated carbocycles. The van der Waals surface area contributed by atoms with Crippen molar-refractivity contribution in [3.8, 4) is 5.69 Å². The van der Waals surface area contributed by atoms with Gasteiger partial charge < -0.3 is 4.90 Å². The van der Waals surface area contributed by atoms with Gasteiger partial charge in [-0.05, 0) is 55.6 Å². The lowest BCUT2D eigenvalue weighted by molar-refractivity contribution is -0.132. The topological polar surface area (TPSA) is 51.0 Å². The molecule has 29 heavy (non-hydrogen) atoms. The quantitative estimate of drug-likeness (QED) is 0.501. The summed E-state index contributed by atoms with van der Waals surface area (Å²) in [5.74, 6) is 2.09. The molecule has 1 aromatic carbocycles. The smallest absolute Gasteiger partial charge is 0.222 e. The Bertz CT molecular complexity index is 878. The summed E-state index contributed by atoms with van der Waals surface area (Å²) in [7, 11) is 0. The SMILES string of the molecule is Cc1nnc(SCCCC(=O)N2CC3(C)CC2CC(C)(C)C3)n1-c1ccccc1. The van der Waals surface area contributed by atoms with E-state index >= 15 is 0 Å². The summed E-state index contributed by atoms with van der Waals surface area (Å²) in [6.07, 6.45) is 5.04. The highest BCUT2D eigenvalue weighted by Gasteiger charge is 2.50. The molecule has 2 aliphatic rings. The van der Waals surface area contributed by atoms with Crippen LogP contribution in [0.5, 0.6) is 0 Å². The van der Waals surface area contributed by atoms with Crippen molar-refractivity contribution in [2.45, 2.75) is 71.0 Å². The molecule has 0 N–H and O–H groups in total. The fourth-order valence-electron chi connectivity index (χ4n) is 5.59. The molecule has 2 heterocycles. The molecular formula is C23H32N4OS. The summed E-state index contributed by atoms with van der Waals surface area (Å²) < 4.78 is 2.08. The lowest BCUT2D eigenvalue weighted by atomic mass is 9.65. The number of aromatic nitrogens is 3.